The number of carboxylic acid groups (broad SMARTS) is 1. The molecule has 0 amide bonds. The van der Waals surface area contributed by atoms with Gasteiger partial charge >= 0.3 is 17.1 Å². The van der Waals surface area contributed by atoms with Crippen LogP contribution in [0, 0.1) is 0 Å². The van der Waals surface area contributed by atoms with Crippen molar-refractivity contribution < 1.29 is 9.90 Å². The van der Waals surface area contributed by atoms with Crippen LogP contribution in [0.4, 0.5) is 0 Å². The lowest BCUT2D eigenvalue weighted by Gasteiger charge is -2.17. The fraction of sp³-hybridized carbons (Fsp3) is 0.357. The van der Waals surface area contributed by atoms with E-state index in [0.717, 1.165) is 6.54 Å². The van der Waals surface area contributed by atoms with E-state index >= 15 is 0 Å². The van der Waals surface area contributed by atoms with Crippen molar-refractivity contribution in [3.63, 3.8) is 0 Å². The quantitative estimate of drug-likeness (QED) is 0.773. The summed E-state index contributed by atoms with van der Waals surface area (Å²) in [6.45, 7) is 1.42. The standard InChI is InChI=1S/C14H15N3O4/c1-16-6-5-8(7-16)17-11-9(14(20)21)3-2-4-10(11)15-12(18)13(17)19/h2-4,8H,5-7H2,1H3,(H,15,18)(H,20,21). The van der Waals surface area contributed by atoms with Crippen molar-refractivity contribution in [3.8, 4) is 0 Å². The van der Waals surface area contributed by atoms with Gasteiger partial charge < -0.3 is 15.0 Å². The number of aromatic nitrogens is 2. The number of nitrogens with one attached hydrogen (secondary N) is 1. The molecule has 1 unspecified atom stereocenters. The van der Waals surface area contributed by atoms with Crippen molar-refractivity contribution >= 4 is 17.0 Å². The molecule has 1 aliphatic rings. The van der Waals surface area contributed by atoms with Gasteiger partial charge in [-0.3, -0.25) is 14.2 Å². The Morgan fingerprint density at radius 2 is 2.14 bits per heavy atom. The van der Waals surface area contributed by atoms with Crippen LogP contribution in [0.5, 0.6) is 0 Å². The molecular weight excluding hydrogens is 274 g/mol. The Labute approximate surface area is 119 Å². The molecule has 1 aliphatic heterocycles. The molecule has 2 aromatic rings. The molecule has 110 valence electrons. The predicted octanol–water partition coefficient (Wildman–Crippen LogP) is 0.265. The SMILES string of the molecule is CN1CCC(n2c(=O)c(=O)[nH]c3cccc(C(=O)O)c32)C1. The van der Waals surface area contributed by atoms with Crippen molar-refractivity contribution in [1.29, 1.82) is 0 Å². The van der Waals surface area contributed by atoms with E-state index in [1.807, 2.05) is 11.9 Å². The molecular formula is C14H15N3O4. The van der Waals surface area contributed by atoms with E-state index in [9.17, 15) is 19.5 Å². The summed E-state index contributed by atoms with van der Waals surface area (Å²) in [5.41, 5.74) is -0.740. The van der Waals surface area contributed by atoms with Crippen LogP contribution in [0.1, 0.15) is 22.8 Å². The number of benzene rings is 1. The third-order valence-electron chi connectivity index (χ3n) is 3.90. The van der Waals surface area contributed by atoms with Crippen molar-refractivity contribution in [2.45, 2.75) is 12.5 Å². The zero-order valence-electron chi connectivity index (χ0n) is 11.5. The molecule has 7 nitrogen and oxygen atoms in total. The van der Waals surface area contributed by atoms with Gasteiger partial charge in [0.05, 0.1) is 22.6 Å². The summed E-state index contributed by atoms with van der Waals surface area (Å²) in [6, 6.07) is 4.42. The first-order chi connectivity index (χ1) is 9.99. The highest BCUT2D eigenvalue weighted by Gasteiger charge is 2.26. The van der Waals surface area contributed by atoms with E-state index in [0.29, 0.717) is 18.5 Å². The van der Waals surface area contributed by atoms with Crippen LogP contribution in [0.15, 0.2) is 27.8 Å². The van der Waals surface area contributed by atoms with E-state index in [-0.39, 0.29) is 17.1 Å². The van der Waals surface area contributed by atoms with Crippen molar-refractivity contribution in [2.24, 2.45) is 0 Å². The molecule has 1 aromatic heterocycles. The highest BCUT2D eigenvalue weighted by Crippen LogP contribution is 2.24. The summed E-state index contributed by atoms with van der Waals surface area (Å²) >= 11 is 0. The van der Waals surface area contributed by atoms with Gasteiger partial charge in [0.2, 0.25) is 0 Å². The first kappa shape index (κ1) is 13.6. The molecule has 0 radical (unpaired) electrons. The number of likely N-dealkylation sites (tertiary alicyclic amines) is 1. The molecule has 0 saturated carbocycles. The van der Waals surface area contributed by atoms with Gasteiger partial charge in [0.15, 0.2) is 0 Å². The number of aromatic carboxylic acids is 1. The minimum absolute atomic E-state index is 0.0235. The molecule has 7 heteroatoms. The summed E-state index contributed by atoms with van der Waals surface area (Å²) < 4.78 is 1.35. The number of nitrogens with zero attached hydrogens (tertiary/aromatic N) is 2. The number of rotatable bonds is 2. The van der Waals surface area contributed by atoms with E-state index in [4.69, 9.17) is 0 Å². The van der Waals surface area contributed by atoms with Gasteiger partial charge in [-0.2, -0.15) is 0 Å². The number of hydrogen-bond acceptors (Lipinski definition) is 4. The smallest absolute Gasteiger partial charge is 0.337 e. The predicted molar refractivity (Wildman–Crippen MR) is 76.9 cm³/mol. The molecule has 0 aliphatic carbocycles. The van der Waals surface area contributed by atoms with Gasteiger partial charge in [-0.15, -0.1) is 0 Å². The normalized spacial score (nSPS) is 19.2. The fourth-order valence-corrected chi connectivity index (χ4v) is 2.93. The van der Waals surface area contributed by atoms with E-state index in [2.05, 4.69) is 4.98 Å². The van der Waals surface area contributed by atoms with Crippen LogP contribution >= 0.6 is 0 Å². The maximum absolute atomic E-state index is 12.3. The first-order valence-electron chi connectivity index (χ1n) is 6.68. The molecule has 21 heavy (non-hydrogen) atoms. The molecule has 3 rings (SSSR count). The van der Waals surface area contributed by atoms with Crippen molar-refractivity contribution in [1.82, 2.24) is 14.5 Å². The lowest BCUT2D eigenvalue weighted by atomic mass is 10.1. The van der Waals surface area contributed by atoms with Crippen LogP contribution in [-0.2, 0) is 0 Å². The third kappa shape index (κ3) is 2.15. The Morgan fingerprint density at radius 1 is 1.38 bits per heavy atom. The topological polar surface area (TPSA) is 95.4 Å². The third-order valence-corrected chi connectivity index (χ3v) is 3.90. The average Bonchev–Trinajstić information content (AvgIpc) is 2.85. The number of H-pyrrole nitrogens is 1. The summed E-state index contributed by atoms with van der Waals surface area (Å²) in [6.07, 6.45) is 0.711. The van der Waals surface area contributed by atoms with E-state index in [1.165, 1.54) is 10.6 Å². The molecule has 2 N–H and O–H groups in total. The summed E-state index contributed by atoms with van der Waals surface area (Å²) in [5, 5.41) is 9.34. The molecule has 1 atom stereocenters. The number of hydrogen-bond donors (Lipinski definition) is 2. The minimum atomic E-state index is -1.12. The second-order valence-electron chi connectivity index (χ2n) is 5.34. The number of para-hydroxylation sites is 1. The van der Waals surface area contributed by atoms with Gasteiger partial charge in [0.25, 0.3) is 0 Å². The number of likely N-dealkylation sites (N-methyl/N-ethyl adjacent to an activating group) is 1. The molecule has 1 aromatic carbocycles. The van der Waals surface area contributed by atoms with E-state index < -0.39 is 17.1 Å². The zero-order chi connectivity index (χ0) is 15.1. The highest BCUT2D eigenvalue weighted by molar-refractivity contribution is 6.00. The molecule has 0 spiro atoms. The van der Waals surface area contributed by atoms with Crippen LogP contribution in [0.2, 0.25) is 0 Å². The number of fused-ring (bicyclic) bond motifs is 1. The Balaban J connectivity index is 2.40. The van der Waals surface area contributed by atoms with Crippen molar-refractivity contribution in [2.75, 3.05) is 20.1 Å². The molecule has 1 fully saturated rings. The monoisotopic (exact) mass is 289 g/mol. The summed E-state index contributed by atoms with van der Waals surface area (Å²) in [5.74, 6) is -1.12. The van der Waals surface area contributed by atoms with Crippen LogP contribution < -0.4 is 11.1 Å². The lowest BCUT2D eigenvalue weighted by molar-refractivity contribution is 0.0698. The fourth-order valence-electron chi connectivity index (χ4n) is 2.93. The second-order valence-corrected chi connectivity index (χ2v) is 5.34. The molecule has 2 heterocycles. The number of carboxylic acids is 1. The van der Waals surface area contributed by atoms with E-state index in [1.54, 1.807) is 12.1 Å². The first-order valence-corrected chi connectivity index (χ1v) is 6.68. The minimum Gasteiger partial charge on any atom is -0.478 e. The van der Waals surface area contributed by atoms with Gasteiger partial charge in [-0.25, -0.2) is 4.79 Å². The van der Waals surface area contributed by atoms with Crippen molar-refractivity contribution in [3.05, 3.63) is 44.5 Å². The Kier molecular flexibility index (Phi) is 3.13. The average molecular weight is 289 g/mol. The maximum Gasteiger partial charge on any atom is 0.337 e. The Morgan fingerprint density at radius 3 is 2.76 bits per heavy atom. The number of aromatic amines is 1. The van der Waals surface area contributed by atoms with Gasteiger partial charge in [-0.05, 0) is 32.1 Å². The van der Waals surface area contributed by atoms with Crippen LogP contribution in [0.3, 0.4) is 0 Å². The van der Waals surface area contributed by atoms with Gasteiger partial charge in [0, 0.05) is 6.54 Å². The van der Waals surface area contributed by atoms with Gasteiger partial charge in [0.1, 0.15) is 0 Å². The number of carbonyl (C=O) groups is 1. The molecule has 0 bridgehead atoms. The van der Waals surface area contributed by atoms with Crippen LogP contribution in [0.25, 0.3) is 11.0 Å². The lowest BCUT2D eigenvalue weighted by Crippen LogP contribution is -2.39. The Bertz CT molecular complexity index is 836. The van der Waals surface area contributed by atoms with Gasteiger partial charge in [-0.1, -0.05) is 6.07 Å². The second kappa shape index (κ2) is 4.85. The summed E-state index contributed by atoms with van der Waals surface area (Å²) in [7, 11) is 1.93. The van der Waals surface area contributed by atoms with Crippen LogP contribution in [-0.4, -0.2) is 45.7 Å². The maximum atomic E-state index is 12.3. The Hall–Kier alpha value is -2.41. The molecule has 1 saturated heterocycles. The summed E-state index contributed by atoms with van der Waals surface area (Å²) in [4.78, 5) is 40.0. The largest absolute Gasteiger partial charge is 0.478 e. The highest BCUT2D eigenvalue weighted by atomic mass is 16.4. The zero-order valence-corrected chi connectivity index (χ0v) is 11.5.